The Labute approximate surface area is 152 Å². The van der Waals surface area contributed by atoms with Crippen molar-refractivity contribution in [2.45, 2.75) is 38.5 Å². The Morgan fingerprint density at radius 3 is 2.92 bits per heavy atom. The number of hydrogen-bond donors (Lipinski definition) is 1. The highest BCUT2D eigenvalue weighted by atomic mass is 32.1. The molecule has 0 aliphatic carbocycles. The molecule has 0 spiro atoms. The van der Waals surface area contributed by atoms with Gasteiger partial charge in [-0.15, -0.1) is 11.3 Å². The van der Waals surface area contributed by atoms with Gasteiger partial charge in [0.05, 0.1) is 17.5 Å². The van der Waals surface area contributed by atoms with E-state index in [2.05, 4.69) is 38.2 Å². The largest absolute Gasteiger partial charge is 0.354 e. The Bertz CT molecular complexity index is 716. The van der Waals surface area contributed by atoms with Gasteiger partial charge in [0, 0.05) is 18.1 Å². The van der Waals surface area contributed by atoms with Crippen LogP contribution in [0, 0.1) is 11.3 Å². The van der Waals surface area contributed by atoms with E-state index in [1.54, 1.807) is 12.3 Å². The van der Waals surface area contributed by atoms with Crippen molar-refractivity contribution >= 4 is 17.3 Å². The Morgan fingerprint density at radius 2 is 2.20 bits per heavy atom. The zero-order valence-electron chi connectivity index (χ0n) is 14.6. The number of likely N-dealkylation sites (tertiary alicyclic amines) is 1. The lowest BCUT2D eigenvalue weighted by atomic mass is 10.1. The number of nitrogens with zero attached hydrogens (tertiary/aromatic N) is 5. The minimum atomic E-state index is -0.432. The summed E-state index contributed by atoms with van der Waals surface area (Å²) >= 11 is 1.52. The molecule has 132 valence electrons. The molecule has 2 aromatic heterocycles. The number of rotatable bonds is 8. The third-order valence-electron chi connectivity index (χ3n) is 4.41. The summed E-state index contributed by atoms with van der Waals surface area (Å²) in [5, 5.41) is 15.7. The van der Waals surface area contributed by atoms with Crippen molar-refractivity contribution < 1.29 is 0 Å². The summed E-state index contributed by atoms with van der Waals surface area (Å²) in [6.45, 7) is 6.47. The Kier molecular flexibility index (Phi) is 6.31. The van der Waals surface area contributed by atoms with Crippen LogP contribution in [0.5, 0.6) is 0 Å². The van der Waals surface area contributed by atoms with Crippen LogP contribution in [0.25, 0.3) is 0 Å². The average molecular weight is 356 g/mol. The molecule has 1 aliphatic rings. The van der Waals surface area contributed by atoms with E-state index in [-0.39, 0.29) is 0 Å². The van der Waals surface area contributed by atoms with E-state index in [9.17, 15) is 5.26 Å². The number of nitrogens with one attached hydrogen (secondary N) is 1. The lowest BCUT2D eigenvalue weighted by Gasteiger charge is -2.14. The molecule has 1 N–H and O–H groups in total. The Balaban J connectivity index is 1.58. The van der Waals surface area contributed by atoms with Gasteiger partial charge in [-0.1, -0.05) is 6.92 Å². The van der Waals surface area contributed by atoms with Gasteiger partial charge in [0.25, 0.3) is 0 Å². The average Bonchev–Trinajstić information content (AvgIpc) is 3.32. The Morgan fingerprint density at radius 1 is 1.36 bits per heavy atom. The maximum absolute atomic E-state index is 9.57. The SMILES string of the molecule is CCc1csc(C(C#N)c2ccnc(NCCCN3CCCC3)n2)n1. The van der Waals surface area contributed by atoms with Crippen molar-refractivity contribution in [1.82, 2.24) is 19.9 Å². The van der Waals surface area contributed by atoms with E-state index in [0.717, 1.165) is 36.6 Å². The van der Waals surface area contributed by atoms with Crippen molar-refractivity contribution in [3.05, 3.63) is 34.0 Å². The fraction of sp³-hybridized carbons (Fsp3) is 0.556. The monoisotopic (exact) mass is 356 g/mol. The maximum Gasteiger partial charge on any atom is 0.222 e. The number of hydrogen-bond acceptors (Lipinski definition) is 7. The summed E-state index contributed by atoms with van der Waals surface area (Å²) in [6.07, 6.45) is 6.31. The zero-order chi connectivity index (χ0) is 17.5. The van der Waals surface area contributed by atoms with Crippen molar-refractivity contribution in [1.29, 1.82) is 5.26 Å². The van der Waals surface area contributed by atoms with Crippen molar-refractivity contribution in [2.75, 3.05) is 31.5 Å². The smallest absolute Gasteiger partial charge is 0.222 e. The summed E-state index contributed by atoms with van der Waals surface area (Å²) in [4.78, 5) is 15.8. The topological polar surface area (TPSA) is 77.7 Å². The van der Waals surface area contributed by atoms with Gasteiger partial charge in [-0.3, -0.25) is 0 Å². The molecule has 3 heterocycles. The highest BCUT2D eigenvalue weighted by molar-refractivity contribution is 7.09. The molecule has 2 aromatic rings. The van der Waals surface area contributed by atoms with Gasteiger partial charge in [0.15, 0.2) is 0 Å². The van der Waals surface area contributed by atoms with Crippen LogP contribution in [-0.2, 0) is 6.42 Å². The number of thiazole rings is 1. The molecular weight excluding hydrogens is 332 g/mol. The van der Waals surface area contributed by atoms with E-state index < -0.39 is 5.92 Å². The van der Waals surface area contributed by atoms with E-state index in [0.29, 0.717) is 11.6 Å². The van der Waals surface area contributed by atoms with Crippen molar-refractivity contribution in [3.8, 4) is 6.07 Å². The van der Waals surface area contributed by atoms with Crippen LogP contribution in [0.3, 0.4) is 0 Å². The standard InChI is InChI=1S/C18H24N6S/c1-2-14-13-25-17(22-14)15(12-19)16-6-8-21-18(23-16)20-7-5-11-24-9-3-4-10-24/h6,8,13,15H,2-5,7,9-11H2,1H3,(H,20,21,23). The van der Waals surface area contributed by atoms with Crippen LogP contribution in [0.15, 0.2) is 17.6 Å². The van der Waals surface area contributed by atoms with Gasteiger partial charge in [0.2, 0.25) is 5.95 Å². The first-order valence-corrected chi connectivity index (χ1v) is 9.81. The second kappa shape index (κ2) is 8.88. The minimum Gasteiger partial charge on any atom is -0.354 e. The molecule has 3 rings (SSSR count). The maximum atomic E-state index is 9.57. The molecule has 7 heteroatoms. The summed E-state index contributed by atoms with van der Waals surface area (Å²) in [5.74, 6) is 0.157. The van der Waals surface area contributed by atoms with Crippen LogP contribution in [0.2, 0.25) is 0 Å². The summed E-state index contributed by atoms with van der Waals surface area (Å²) in [7, 11) is 0. The summed E-state index contributed by atoms with van der Waals surface area (Å²) < 4.78 is 0. The van der Waals surface area contributed by atoms with Gasteiger partial charge in [-0.2, -0.15) is 5.26 Å². The van der Waals surface area contributed by atoms with Gasteiger partial charge in [-0.05, 0) is 51.4 Å². The highest BCUT2D eigenvalue weighted by Gasteiger charge is 2.19. The fourth-order valence-corrected chi connectivity index (χ4v) is 3.95. The van der Waals surface area contributed by atoms with Gasteiger partial charge < -0.3 is 10.2 Å². The lowest BCUT2D eigenvalue weighted by Crippen LogP contribution is -2.22. The molecule has 6 nitrogen and oxygen atoms in total. The predicted molar refractivity (Wildman–Crippen MR) is 99.8 cm³/mol. The van der Waals surface area contributed by atoms with Crippen molar-refractivity contribution in [3.63, 3.8) is 0 Å². The quantitative estimate of drug-likeness (QED) is 0.733. The molecular formula is C18H24N6S. The third-order valence-corrected chi connectivity index (χ3v) is 5.37. The van der Waals surface area contributed by atoms with E-state index in [1.165, 1.54) is 37.3 Å². The van der Waals surface area contributed by atoms with E-state index in [4.69, 9.17) is 0 Å². The van der Waals surface area contributed by atoms with Crippen LogP contribution < -0.4 is 5.32 Å². The molecule has 1 unspecified atom stereocenters. The minimum absolute atomic E-state index is 0.432. The van der Waals surface area contributed by atoms with Crippen LogP contribution >= 0.6 is 11.3 Å². The van der Waals surface area contributed by atoms with Gasteiger partial charge >= 0.3 is 0 Å². The highest BCUT2D eigenvalue weighted by Crippen LogP contribution is 2.26. The molecule has 0 saturated carbocycles. The molecule has 0 radical (unpaired) electrons. The van der Waals surface area contributed by atoms with Crippen LogP contribution in [0.4, 0.5) is 5.95 Å². The number of anilines is 1. The van der Waals surface area contributed by atoms with Gasteiger partial charge in [-0.25, -0.2) is 15.0 Å². The molecule has 0 amide bonds. The third kappa shape index (κ3) is 4.74. The molecule has 0 aromatic carbocycles. The second-order valence-corrected chi connectivity index (χ2v) is 7.12. The molecule has 0 bridgehead atoms. The fourth-order valence-electron chi connectivity index (χ4n) is 2.99. The molecule has 1 saturated heterocycles. The molecule has 1 atom stereocenters. The first kappa shape index (κ1) is 17.8. The first-order valence-electron chi connectivity index (χ1n) is 8.93. The van der Waals surface area contributed by atoms with Crippen LogP contribution in [0.1, 0.15) is 48.5 Å². The molecule has 1 fully saturated rings. The molecule has 25 heavy (non-hydrogen) atoms. The molecule has 1 aliphatic heterocycles. The summed E-state index contributed by atoms with van der Waals surface area (Å²) in [6, 6.07) is 4.13. The first-order chi connectivity index (χ1) is 12.3. The predicted octanol–water partition coefficient (Wildman–Crippen LogP) is 3.05. The zero-order valence-corrected chi connectivity index (χ0v) is 15.4. The lowest BCUT2D eigenvalue weighted by molar-refractivity contribution is 0.337. The normalized spacial score (nSPS) is 15.8. The van der Waals surface area contributed by atoms with Crippen molar-refractivity contribution in [2.24, 2.45) is 0 Å². The number of aryl methyl sites for hydroxylation is 1. The van der Waals surface area contributed by atoms with E-state index >= 15 is 0 Å². The van der Waals surface area contributed by atoms with Crippen LogP contribution in [-0.4, -0.2) is 46.0 Å². The summed E-state index contributed by atoms with van der Waals surface area (Å²) in [5.41, 5.74) is 1.73. The Hall–Kier alpha value is -2.04. The number of nitriles is 1. The second-order valence-electron chi connectivity index (χ2n) is 6.23. The van der Waals surface area contributed by atoms with E-state index in [1.807, 2.05) is 5.38 Å². The van der Waals surface area contributed by atoms with Gasteiger partial charge in [0.1, 0.15) is 10.9 Å². The number of aromatic nitrogens is 3.